The van der Waals surface area contributed by atoms with Crippen LogP contribution in [0.5, 0.6) is 0 Å². The van der Waals surface area contributed by atoms with Crippen molar-refractivity contribution in [2.75, 3.05) is 10.0 Å². The van der Waals surface area contributed by atoms with Gasteiger partial charge in [0.2, 0.25) is 0 Å². The van der Waals surface area contributed by atoms with Gasteiger partial charge < -0.3 is 10.3 Å². The first kappa shape index (κ1) is 19.5. The van der Waals surface area contributed by atoms with Gasteiger partial charge in [-0.05, 0) is 48.9 Å². The number of H-pyrrole nitrogens is 1. The van der Waals surface area contributed by atoms with Crippen molar-refractivity contribution < 1.29 is 13.0 Å². The number of benzene rings is 2. The molecule has 5 rings (SSSR count). The second kappa shape index (κ2) is 7.34. The van der Waals surface area contributed by atoms with Crippen molar-refractivity contribution in [2.24, 2.45) is 0 Å². The minimum Gasteiger partial charge on any atom is -0.361 e. The summed E-state index contributed by atoms with van der Waals surface area (Å²) < 4.78 is 35.1. The summed E-state index contributed by atoms with van der Waals surface area (Å²) in [6.45, 7) is 1.85. The van der Waals surface area contributed by atoms with Gasteiger partial charge in [-0.3, -0.25) is 9.27 Å². The molecule has 0 aliphatic carbocycles. The molecule has 2 aromatic carbocycles. The van der Waals surface area contributed by atoms with Gasteiger partial charge in [0.25, 0.3) is 0 Å². The maximum atomic E-state index is 11.4. The summed E-state index contributed by atoms with van der Waals surface area (Å²) in [5.74, 6) is 0.660. The first-order valence-corrected chi connectivity index (χ1v) is 11.6. The number of nitrogens with one attached hydrogen (secondary N) is 3. The van der Waals surface area contributed by atoms with Crippen LogP contribution in [0.1, 0.15) is 5.56 Å². The van der Waals surface area contributed by atoms with Gasteiger partial charge in [-0.15, -0.1) is 11.3 Å². The standard InChI is InChI=1S/C21H17N5O3S2/c1-12-2-4-15(17(8-12)26-31(27,28)29)19-10-18-20(30-19)21(24-11-23-18)25-14-3-5-16-13(9-14)6-7-22-16/h2-11,22,26H,1H3,(H,23,24,25)(H,27,28,29). The Morgan fingerprint density at radius 3 is 2.77 bits per heavy atom. The predicted molar refractivity (Wildman–Crippen MR) is 124 cm³/mol. The summed E-state index contributed by atoms with van der Waals surface area (Å²) in [4.78, 5) is 12.7. The summed E-state index contributed by atoms with van der Waals surface area (Å²) in [5, 5.41) is 4.44. The number of aromatic nitrogens is 3. The largest absolute Gasteiger partial charge is 0.361 e. The molecule has 0 saturated carbocycles. The number of hydrogen-bond acceptors (Lipinski definition) is 6. The first-order chi connectivity index (χ1) is 14.9. The van der Waals surface area contributed by atoms with Gasteiger partial charge in [0.1, 0.15) is 6.33 Å². The Morgan fingerprint density at radius 2 is 1.94 bits per heavy atom. The molecule has 0 radical (unpaired) electrons. The van der Waals surface area contributed by atoms with Crippen LogP contribution in [0.3, 0.4) is 0 Å². The molecule has 0 bridgehead atoms. The lowest BCUT2D eigenvalue weighted by atomic mass is 10.1. The fraction of sp³-hybridized carbons (Fsp3) is 0.0476. The summed E-state index contributed by atoms with van der Waals surface area (Å²) in [6, 6.07) is 15.2. The maximum Gasteiger partial charge on any atom is 0.357 e. The van der Waals surface area contributed by atoms with Crippen LogP contribution < -0.4 is 10.0 Å². The highest BCUT2D eigenvalue weighted by molar-refractivity contribution is 7.87. The summed E-state index contributed by atoms with van der Waals surface area (Å²) >= 11 is 1.44. The average Bonchev–Trinajstić information content (AvgIpc) is 3.33. The molecule has 0 saturated heterocycles. The summed E-state index contributed by atoms with van der Waals surface area (Å²) in [5.41, 5.74) is 4.48. The third kappa shape index (κ3) is 3.96. The molecular weight excluding hydrogens is 434 g/mol. The Bertz CT molecular complexity index is 1540. The smallest absolute Gasteiger partial charge is 0.357 e. The van der Waals surface area contributed by atoms with E-state index in [1.165, 1.54) is 17.7 Å². The molecular formula is C21H17N5O3S2. The number of rotatable bonds is 5. The number of fused-ring (bicyclic) bond motifs is 2. The van der Waals surface area contributed by atoms with Crippen molar-refractivity contribution in [2.45, 2.75) is 6.92 Å². The molecule has 0 atom stereocenters. The van der Waals surface area contributed by atoms with Gasteiger partial charge in [0, 0.05) is 33.2 Å². The van der Waals surface area contributed by atoms with E-state index in [-0.39, 0.29) is 0 Å². The number of nitrogens with zero attached hydrogens (tertiary/aromatic N) is 2. The molecule has 0 amide bonds. The van der Waals surface area contributed by atoms with Gasteiger partial charge >= 0.3 is 10.3 Å². The Hall–Kier alpha value is -3.47. The third-order valence-corrected chi connectivity index (χ3v) is 6.45. The average molecular weight is 452 g/mol. The predicted octanol–water partition coefficient (Wildman–Crippen LogP) is 5.11. The van der Waals surface area contributed by atoms with Crippen LogP contribution in [-0.2, 0) is 10.3 Å². The molecule has 156 valence electrons. The summed E-state index contributed by atoms with van der Waals surface area (Å²) in [6.07, 6.45) is 3.38. The minimum absolute atomic E-state index is 0.300. The lowest BCUT2D eigenvalue weighted by Crippen LogP contribution is -2.11. The van der Waals surface area contributed by atoms with E-state index in [1.807, 2.05) is 55.6 Å². The zero-order chi connectivity index (χ0) is 21.6. The maximum absolute atomic E-state index is 11.4. The number of aryl methyl sites for hydroxylation is 1. The van der Waals surface area contributed by atoms with Gasteiger partial charge in [0.15, 0.2) is 5.82 Å². The monoisotopic (exact) mass is 451 g/mol. The van der Waals surface area contributed by atoms with Crippen molar-refractivity contribution in [3.8, 4) is 10.4 Å². The van der Waals surface area contributed by atoms with Crippen LogP contribution in [0.2, 0.25) is 0 Å². The molecule has 0 fully saturated rings. The zero-order valence-corrected chi connectivity index (χ0v) is 17.9. The Morgan fingerprint density at radius 1 is 1.06 bits per heavy atom. The molecule has 10 heteroatoms. The lowest BCUT2D eigenvalue weighted by Gasteiger charge is -2.09. The first-order valence-electron chi connectivity index (χ1n) is 9.31. The molecule has 3 aromatic heterocycles. The van der Waals surface area contributed by atoms with Gasteiger partial charge in [-0.25, -0.2) is 9.97 Å². The van der Waals surface area contributed by atoms with Crippen LogP contribution in [0.25, 0.3) is 31.6 Å². The quantitative estimate of drug-likeness (QED) is 0.276. The minimum atomic E-state index is -4.40. The number of aromatic amines is 1. The zero-order valence-electron chi connectivity index (χ0n) is 16.2. The number of hydrogen-bond donors (Lipinski definition) is 4. The van der Waals surface area contributed by atoms with Crippen molar-refractivity contribution in [1.82, 2.24) is 15.0 Å². The fourth-order valence-corrected chi connectivity index (χ4v) is 4.98. The van der Waals surface area contributed by atoms with E-state index < -0.39 is 10.3 Å². The number of thiophene rings is 1. The van der Waals surface area contributed by atoms with Crippen molar-refractivity contribution in [3.63, 3.8) is 0 Å². The summed E-state index contributed by atoms with van der Waals surface area (Å²) in [7, 11) is -4.40. The third-order valence-electron chi connectivity index (χ3n) is 4.81. The molecule has 4 N–H and O–H groups in total. The highest BCUT2D eigenvalue weighted by atomic mass is 32.2. The van der Waals surface area contributed by atoms with Crippen molar-refractivity contribution in [3.05, 3.63) is 66.6 Å². The molecule has 5 aromatic rings. The lowest BCUT2D eigenvalue weighted by molar-refractivity contribution is 0.490. The van der Waals surface area contributed by atoms with Gasteiger partial charge in [0.05, 0.1) is 15.9 Å². The number of anilines is 3. The second-order valence-electron chi connectivity index (χ2n) is 7.08. The van der Waals surface area contributed by atoms with E-state index >= 15 is 0 Å². The van der Waals surface area contributed by atoms with Crippen LogP contribution in [0, 0.1) is 6.92 Å². The van der Waals surface area contributed by atoms with E-state index in [2.05, 4.69) is 25.0 Å². The SMILES string of the molecule is Cc1ccc(-c2cc3ncnc(Nc4ccc5[nH]ccc5c4)c3s2)c(NS(=O)(=O)O)c1. The molecule has 3 heterocycles. The van der Waals surface area contributed by atoms with Crippen LogP contribution >= 0.6 is 11.3 Å². The Kier molecular flexibility index (Phi) is 4.62. The Labute approximate surface area is 181 Å². The molecule has 31 heavy (non-hydrogen) atoms. The van der Waals surface area contributed by atoms with Crippen LogP contribution in [-0.4, -0.2) is 27.9 Å². The topological polar surface area (TPSA) is 120 Å². The van der Waals surface area contributed by atoms with Gasteiger partial charge in [-0.2, -0.15) is 8.42 Å². The molecule has 0 aliphatic heterocycles. The normalized spacial score (nSPS) is 11.8. The van der Waals surface area contributed by atoms with E-state index in [9.17, 15) is 13.0 Å². The highest BCUT2D eigenvalue weighted by Gasteiger charge is 2.16. The molecule has 0 aliphatic rings. The van der Waals surface area contributed by atoms with E-state index in [0.29, 0.717) is 17.1 Å². The molecule has 8 nitrogen and oxygen atoms in total. The van der Waals surface area contributed by atoms with E-state index in [1.54, 1.807) is 6.07 Å². The van der Waals surface area contributed by atoms with E-state index in [0.717, 1.165) is 37.2 Å². The van der Waals surface area contributed by atoms with Gasteiger partial charge in [-0.1, -0.05) is 12.1 Å². The van der Waals surface area contributed by atoms with Crippen LogP contribution in [0.15, 0.2) is 61.1 Å². The van der Waals surface area contributed by atoms with Crippen LogP contribution in [0.4, 0.5) is 17.2 Å². The van der Waals surface area contributed by atoms with Crippen molar-refractivity contribution >= 4 is 60.0 Å². The molecule has 0 unspecified atom stereocenters. The molecule has 0 spiro atoms. The highest BCUT2D eigenvalue weighted by Crippen LogP contribution is 2.40. The van der Waals surface area contributed by atoms with Crippen molar-refractivity contribution in [1.29, 1.82) is 0 Å². The Balaban J connectivity index is 1.57. The fourth-order valence-electron chi connectivity index (χ4n) is 3.44. The van der Waals surface area contributed by atoms with E-state index in [4.69, 9.17) is 0 Å². The second-order valence-corrected chi connectivity index (χ2v) is 9.28.